The average molecular weight is 472 g/mol. The number of nitrogens with zero attached hydrogens (tertiary/aromatic N) is 2. The number of ether oxygens (including phenoxy) is 1. The predicted molar refractivity (Wildman–Crippen MR) is 132 cm³/mol. The van der Waals surface area contributed by atoms with E-state index in [0.717, 1.165) is 38.4 Å². The standard InChI is InChI=1S/C28H27N3O4/c32-25-11-10-24(27(33)29-25)31-23-9-8-20(21-2-1-3-22(26(21)23)28(31)34)16-18-4-6-19(7-5-18)17-30-12-14-35-15-13-30/h1-9,24H,10-17H2,(H,29,32,33)/i16D2. The molecule has 3 aromatic rings. The SMILES string of the molecule is [2H]C([2H])(c1ccc(CN2CCOCC2)cc1)c1ccc2c3c(cccc13)C(=O)N2C1CCC(=O)NC1=O. The zero-order valence-corrected chi connectivity index (χ0v) is 19.3. The lowest BCUT2D eigenvalue weighted by atomic mass is 9.95. The molecule has 3 heterocycles. The van der Waals surface area contributed by atoms with Crippen molar-refractivity contribution in [3.05, 3.63) is 76.9 Å². The van der Waals surface area contributed by atoms with Gasteiger partial charge in [0.25, 0.3) is 5.91 Å². The summed E-state index contributed by atoms with van der Waals surface area (Å²) in [5.74, 6) is -1.13. The van der Waals surface area contributed by atoms with E-state index in [0.29, 0.717) is 33.2 Å². The molecule has 0 radical (unpaired) electrons. The van der Waals surface area contributed by atoms with E-state index in [1.165, 1.54) is 4.90 Å². The highest BCUT2D eigenvalue weighted by Gasteiger charge is 2.40. The number of amides is 3. The van der Waals surface area contributed by atoms with Crippen molar-refractivity contribution in [1.29, 1.82) is 0 Å². The van der Waals surface area contributed by atoms with Crippen LogP contribution in [0.2, 0.25) is 0 Å². The van der Waals surface area contributed by atoms with Crippen molar-refractivity contribution in [2.75, 3.05) is 31.2 Å². The Bertz CT molecular complexity index is 1420. The fraction of sp³-hybridized carbons (Fsp3) is 0.321. The number of anilines is 1. The molecule has 6 rings (SSSR count). The maximum Gasteiger partial charge on any atom is 0.259 e. The first kappa shape index (κ1) is 19.7. The molecule has 3 aliphatic heterocycles. The summed E-state index contributed by atoms with van der Waals surface area (Å²) in [5.41, 5.74) is 3.13. The number of piperidine rings is 1. The maximum atomic E-state index is 13.4. The van der Waals surface area contributed by atoms with Crippen LogP contribution < -0.4 is 10.2 Å². The van der Waals surface area contributed by atoms with Crippen molar-refractivity contribution < 1.29 is 21.9 Å². The Kier molecular flexibility index (Phi) is 5.02. The van der Waals surface area contributed by atoms with E-state index >= 15 is 0 Å². The van der Waals surface area contributed by atoms with E-state index in [9.17, 15) is 14.4 Å². The molecular weight excluding hydrogens is 442 g/mol. The van der Waals surface area contributed by atoms with Gasteiger partial charge in [-0.05, 0) is 47.0 Å². The van der Waals surface area contributed by atoms with Gasteiger partial charge in [-0.1, -0.05) is 42.5 Å². The molecule has 3 amide bonds. The number of hydrogen-bond donors (Lipinski definition) is 1. The molecule has 2 saturated heterocycles. The van der Waals surface area contributed by atoms with Gasteiger partial charge in [0.15, 0.2) is 0 Å². The number of benzene rings is 3. The molecule has 0 spiro atoms. The Morgan fingerprint density at radius 1 is 0.971 bits per heavy atom. The third kappa shape index (κ3) is 4.00. The summed E-state index contributed by atoms with van der Waals surface area (Å²) < 4.78 is 23.5. The molecule has 0 aromatic heterocycles. The van der Waals surface area contributed by atoms with Crippen LogP contribution in [0.3, 0.4) is 0 Å². The second-order valence-corrected chi connectivity index (χ2v) is 9.21. The molecule has 35 heavy (non-hydrogen) atoms. The quantitative estimate of drug-likeness (QED) is 0.579. The molecule has 1 unspecified atom stereocenters. The van der Waals surface area contributed by atoms with E-state index in [-0.39, 0.29) is 24.7 Å². The maximum absolute atomic E-state index is 13.4. The van der Waals surface area contributed by atoms with Crippen molar-refractivity contribution in [1.82, 2.24) is 10.2 Å². The van der Waals surface area contributed by atoms with Crippen LogP contribution in [0.15, 0.2) is 54.6 Å². The number of nitrogens with one attached hydrogen (secondary N) is 1. The minimum atomic E-state index is -1.81. The van der Waals surface area contributed by atoms with Crippen LogP contribution in [0.1, 0.15) is 42.6 Å². The van der Waals surface area contributed by atoms with Crippen molar-refractivity contribution in [3.63, 3.8) is 0 Å². The summed E-state index contributed by atoms with van der Waals surface area (Å²) in [4.78, 5) is 41.4. The molecule has 0 saturated carbocycles. The molecule has 0 bridgehead atoms. The van der Waals surface area contributed by atoms with Crippen molar-refractivity contribution in [2.45, 2.75) is 31.8 Å². The van der Waals surface area contributed by atoms with Crippen LogP contribution in [-0.2, 0) is 27.2 Å². The van der Waals surface area contributed by atoms with Crippen LogP contribution in [0.5, 0.6) is 0 Å². The summed E-state index contributed by atoms with van der Waals surface area (Å²) in [7, 11) is 0. The molecule has 178 valence electrons. The normalized spacial score (nSPS) is 21.8. The summed E-state index contributed by atoms with van der Waals surface area (Å²) in [5, 5.41) is 3.61. The highest BCUT2D eigenvalue weighted by molar-refractivity contribution is 6.27. The first-order valence-electron chi connectivity index (χ1n) is 13.0. The monoisotopic (exact) mass is 471 g/mol. The van der Waals surface area contributed by atoms with Crippen LogP contribution in [0.25, 0.3) is 10.8 Å². The van der Waals surface area contributed by atoms with Crippen molar-refractivity contribution in [3.8, 4) is 0 Å². The lowest BCUT2D eigenvalue weighted by molar-refractivity contribution is -0.134. The zero-order chi connectivity index (χ0) is 25.7. The van der Waals surface area contributed by atoms with E-state index in [1.54, 1.807) is 24.3 Å². The Morgan fingerprint density at radius 2 is 1.74 bits per heavy atom. The second-order valence-electron chi connectivity index (χ2n) is 9.21. The minimum absolute atomic E-state index is 0.168. The number of imide groups is 1. The van der Waals surface area contributed by atoms with Gasteiger partial charge in [-0.15, -0.1) is 0 Å². The molecule has 0 aliphatic carbocycles. The Morgan fingerprint density at radius 3 is 2.51 bits per heavy atom. The Balaban J connectivity index is 1.34. The summed E-state index contributed by atoms with van der Waals surface area (Å²) in [6, 6.07) is 15.5. The van der Waals surface area contributed by atoms with Gasteiger partial charge >= 0.3 is 0 Å². The van der Waals surface area contributed by atoms with Gasteiger partial charge in [0.1, 0.15) is 6.04 Å². The van der Waals surface area contributed by atoms with Crippen LogP contribution in [-0.4, -0.2) is 55.0 Å². The first-order chi connectivity index (χ1) is 17.8. The molecule has 7 heteroatoms. The highest BCUT2D eigenvalue weighted by atomic mass is 16.5. The van der Waals surface area contributed by atoms with E-state index in [4.69, 9.17) is 7.48 Å². The molecule has 7 nitrogen and oxygen atoms in total. The van der Waals surface area contributed by atoms with Crippen molar-refractivity contribution >= 4 is 34.2 Å². The Hall–Kier alpha value is -3.55. The first-order valence-corrected chi connectivity index (χ1v) is 12.0. The van der Waals surface area contributed by atoms with E-state index < -0.39 is 18.3 Å². The van der Waals surface area contributed by atoms with Gasteiger partial charge in [-0.2, -0.15) is 0 Å². The largest absolute Gasteiger partial charge is 0.379 e. The fourth-order valence-corrected chi connectivity index (χ4v) is 5.22. The number of carbonyl (C=O) groups excluding carboxylic acids is 3. The number of morpholine rings is 1. The Labute approximate surface area is 206 Å². The fourth-order valence-electron chi connectivity index (χ4n) is 5.22. The lowest BCUT2D eigenvalue weighted by Gasteiger charge is -2.30. The predicted octanol–water partition coefficient (Wildman–Crippen LogP) is 3.03. The molecule has 1 atom stereocenters. The minimum Gasteiger partial charge on any atom is -0.379 e. The van der Waals surface area contributed by atoms with Crippen LogP contribution >= 0.6 is 0 Å². The lowest BCUT2D eigenvalue weighted by Crippen LogP contribution is -2.53. The van der Waals surface area contributed by atoms with Crippen molar-refractivity contribution in [2.24, 2.45) is 0 Å². The van der Waals surface area contributed by atoms with Crippen LogP contribution in [0.4, 0.5) is 5.69 Å². The third-order valence-corrected chi connectivity index (χ3v) is 6.99. The molecule has 3 aromatic carbocycles. The van der Waals surface area contributed by atoms with E-state index in [1.807, 2.05) is 30.3 Å². The summed E-state index contributed by atoms with van der Waals surface area (Å²) in [6.45, 7) is 4.03. The van der Waals surface area contributed by atoms with E-state index in [2.05, 4.69) is 10.2 Å². The molecule has 1 N–H and O–H groups in total. The molecule has 3 aliphatic rings. The zero-order valence-electron chi connectivity index (χ0n) is 21.3. The topological polar surface area (TPSA) is 79.0 Å². The van der Waals surface area contributed by atoms with Gasteiger partial charge < -0.3 is 4.74 Å². The number of hydrogen-bond acceptors (Lipinski definition) is 5. The number of carbonyl (C=O) groups is 3. The average Bonchev–Trinajstić information content (AvgIpc) is 3.18. The summed E-state index contributed by atoms with van der Waals surface area (Å²) in [6.07, 6.45) is -1.38. The van der Waals surface area contributed by atoms with Gasteiger partial charge in [-0.3, -0.25) is 29.5 Å². The summed E-state index contributed by atoms with van der Waals surface area (Å²) >= 11 is 0. The van der Waals surface area contributed by atoms with Gasteiger partial charge in [0.05, 0.1) is 18.9 Å². The van der Waals surface area contributed by atoms with Gasteiger partial charge in [-0.25, -0.2) is 0 Å². The highest BCUT2D eigenvalue weighted by Crippen LogP contribution is 2.41. The van der Waals surface area contributed by atoms with Crippen LogP contribution in [0, 0.1) is 0 Å². The smallest absolute Gasteiger partial charge is 0.259 e. The van der Waals surface area contributed by atoms with Gasteiger partial charge in [0.2, 0.25) is 11.8 Å². The second kappa shape index (κ2) is 8.91. The van der Waals surface area contributed by atoms with Gasteiger partial charge in [0, 0.05) is 39.7 Å². The third-order valence-electron chi connectivity index (χ3n) is 6.99. The molecule has 2 fully saturated rings. The number of rotatable bonds is 5. The molecular formula is C28H27N3O4.